The molecular formula is C21H31ClFN7O3. The van der Waals surface area contributed by atoms with Gasteiger partial charge in [0, 0.05) is 25.2 Å². The lowest BCUT2D eigenvalue weighted by atomic mass is 9.92. The van der Waals surface area contributed by atoms with Crippen LogP contribution < -0.4 is 15.8 Å². The van der Waals surface area contributed by atoms with Crippen LogP contribution in [0.2, 0.25) is 5.28 Å². The Labute approximate surface area is 197 Å². The van der Waals surface area contributed by atoms with E-state index < -0.39 is 17.6 Å². The number of piperazine rings is 1. The Morgan fingerprint density at radius 2 is 2.09 bits per heavy atom. The first-order valence-corrected chi connectivity index (χ1v) is 11.8. The molecule has 0 radical (unpaired) electrons. The second kappa shape index (κ2) is 9.94. The fourth-order valence-corrected chi connectivity index (χ4v) is 5.20. The Hall–Kier alpha value is -2.24. The number of hydrazine groups is 1. The smallest absolute Gasteiger partial charge is 0.243 e. The van der Waals surface area contributed by atoms with Crippen molar-refractivity contribution in [1.82, 2.24) is 25.4 Å². The van der Waals surface area contributed by atoms with Crippen LogP contribution in [0.4, 0.5) is 16.0 Å². The molecule has 1 atom stereocenters. The van der Waals surface area contributed by atoms with Crippen LogP contribution in [0.3, 0.4) is 0 Å². The highest BCUT2D eigenvalue weighted by Crippen LogP contribution is 2.44. The average molecular weight is 484 g/mol. The first kappa shape index (κ1) is 23.9. The van der Waals surface area contributed by atoms with Gasteiger partial charge >= 0.3 is 0 Å². The predicted octanol–water partition coefficient (Wildman–Crippen LogP) is 2.04. The van der Waals surface area contributed by atoms with E-state index in [1.54, 1.807) is 0 Å². The molecule has 1 aliphatic heterocycles. The minimum Gasteiger partial charge on any atom is -0.351 e. The summed E-state index contributed by atoms with van der Waals surface area (Å²) in [5.74, 6) is -1.57. The van der Waals surface area contributed by atoms with E-state index in [-0.39, 0.29) is 35.4 Å². The molecule has 4 rings (SSSR count). The molecule has 2 saturated carbocycles. The number of halogens is 2. The third-order valence-corrected chi connectivity index (χ3v) is 7.40. The molecule has 0 bridgehead atoms. The molecule has 3 N–H and O–H groups in total. The van der Waals surface area contributed by atoms with Crippen molar-refractivity contribution in [1.29, 1.82) is 0 Å². The average Bonchev–Trinajstić information content (AvgIpc) is 3.38. The van der Waals surface area contributed by atoms with Crippen molar-refractivity contribution in [3.8, 4) is 0 Å². The van der Waals surface area contributed by atoms with Crippen molar-refractivity contribution in [2.24, 2.45) is 11.8 Å². The number of likely N-dealkylation sites (N-methyl/N-ethyl adjacent to an activating group) is 1. The van der Waals surface area contributed by atoms with Crippen LogP contribution >= 0.6 is 11.6 Å². The quantitative estimate of drug-likeness (QED) is 0.212. The van der Waals surface area contributed by atoms with Gasteiger partial charge in [0.25, 0.3) is 0 Å². The number of hydrogen-bond acceptors (Lipinski definition) is 8. The molecule has 12 heteroatoms. The van der Waals surface area contributed by atoms with Crippen LogP contribution in [0.1, 0.15) is 44.9 Å². The molecule has 3 aliphatic rings. The number of carbonyl (C=O) groups excluding carboxylic acids is 2. The molecule has 1 spiro atoms. The minimum atomic E-state index is -0.691. The summed E-state index contributed by atoms with van der Waals surface area (Å²) < 4.78 is 15.3. The number of hydroxylamine groups is 2. The molecule has 2 aliphatic carbocycles. The maximum Gasteiger partial charge on any atom is 0.243 e. The van der Waals surface area contributed by atoms with Crippen LogP contribution in [-0.4, -0.2) is 76.2 Å². The normalized spacial score (nSPS) is 21.2. The molecule has 1 aromatic heterocycles. The van der Waals surface area contributed by atoms with E-state index in [1.165, 1.54) is 0 Å². The summed E-state index contributed by atoms with van der Waals surface area (Å²) in [6.07, 6.45) is 7.15. The summed E-state index contributed by atoms with van der Waals surface area (Å²) in [4.78, 5) is 35.9. The van der Waals surface area contributed by atoms with Crippen molar-refractivity contribution >= 4 is 35.6 Å². The molecule has 0 unspecified atom stereocenters. The summed E-state index contributed by atoms with van der Waals surface area (Å²) in [7, 11) is 2.08. The highest BCUT2D eigenvalue weighted by atomic mass is 35.5. The molecule has 1 saturated heterocycles. The van der Waals surface area contributed by atoms with Gasteiger partial charge in [-0.25, -0.2) is 5.06 Å². The highest BCUT2D eigenvalue weighted by molar-refractivity contribution is 6.28. The Bertz CT molecular complexity index is 882. The Morgan fingerprint density at radius 1 is 1.36 bits per heavy atom. The summed E-state index contributed by atoms with van der Waals surface area (Å²) in [6.45, 7) is 1.91. The zero-order valence-electron chi connectivity index (χ0n) is 18.8. The van der Waals surface area contributed by atoms with Crippen LogP contribution in [0.15, 0.2) is 0 Å². The van der Waals surface area contributed by atoms with Gasteiger partial charge in [0.05, 0.1) is 12.5 Å². The van der Waals surface area contributed by atoms with Crippen LogP contribution in [-0.2, 0) is 9.59 Å². The van der Waals surface area contributed by atoms with Gasteiger partial charge < -0.3 is 4.90 Å². The van der Waals surface area contributed by atoms with Gasteiger partial charge in [-0.2, -0.15) is 14.4 Å². The van der Waals surface area contributed by atoms with Crippen LogP contribution in [0.25, 0.3) is 0 Å². The van der Waals surface area contributed by atoms with Crippen LogP contribution in [0.5, 0.6) is 0 Å². The number of aromatic nitrogens is 2. The van der Waals surface area contributed by atoms with E-state index >= 15 is 4.39 Å². The summed E-state index contributed by atoms with van der Waals surface area (Å²) in [5.41, 5.74) is 5.08. The number of amides is 2. The van der Waals surface area contributed by atoms with E-state index in [0.29, 0.717) is 30.5 Å². The molecule has 0 aromatic carbocycles. The maximum atomic E-state index is 15.3. The predicted molar refractivity (Wildman–Crippen MR) is 120 cm³/mol. The minimum absolute atomic E-state index is 0.0616. The third-order valence-electron chi connectivity index (χ3n) is 7.23. The molecule has 182 valence electrons. The van der Waals surface area contributed by atoms with Crippen molar-refractivity contribution in [3.05, 3.63) is 11.1 Å². The van der Waals surface area contributed by atoms with Crippen molar-refractivity contribution < 1.29 is 19.2 Å². The van der Waals surface area contributed by atoms with Gasteiger partial charge in [-0.15, -0.1) is 0 Å². The number of nitrogens with one attached hydrogen (secondary N) is 2. The maximum absolute atomic E-state index is 15.3. The highest BCUT2D eigenvalue weighted by Gasteiger charge is 2.50. The molecule has 2 amide bonds. The largest absolute Gasteiger partial charge is 0.351 e. The number of nitrogens with zero attached hydrogens (tertiary/aromatic N) is 5. The van der Waals surface area contributed by atoms with Gasteiger partial charge in [0.1, 0.15) is 0 Å². The fourth-order valence-electron chi connectivity index (χ4n) is 5.03. The van der Waals surface area contributed by atoms with Gasteiger partial charge in [0.15, 0.2) is 11.6 Å². The zero-order valence-corrected chi connectivity index (χ0v) is 19.5. The van der Waals surface area contributed by atoms with Gasteiger partial charge in [-0.05, 0) is 43.8 Å². The summed E-state index contributed by atoms with van der Waals surface area (Å²) in [6, 6.07) is 0. The first-order valence-electron chi connectivity index (χ1n) is 11.5. The third kappa shape index (κ3) is 5.47. The SMILES string of the molecule is CN1CCN(c2nc(Cl)nc(NNC(=O)[C@@H](CC3CCCC3)CN(O)C=O)c2F)CC12CC2. The van der Waals surface area contributed by atoms with Gasteiger partial charge in [-0.3, -0.25) is 30.5 Å². The molecular weight excluding hydrogens is 453 g/mol. The lowest BCUT2D eigenvalue weighted by Crippen LogP contribution is -2.53. The van der Waals surface area contributed by atoms with E-state index in [0.717, 1.165) is 45.1 Å². The number of rotatable bonds is 9. The molecule has 10 nitrogen and oxygen atoms in total. The number of anilines is 2. The zero-order chi connectivity index (χ0) is 23.6. The van der Waals surface area contributed by atoms with E-state index in [2.05, 4.69) is 32.8 Å². The van der Waals surface area contributed by atoms with E-state index in [1.807, 2.05) is 4.90 Å². The Balaban J connectivity index is 1.44. The van der Waals surface area contributed by atoms with Gasteiger partial charge in [0.2, 0.25) is 23.4 Å². The number of hydrogen-bond donors (Lipinski definition) is 3. The second-order valence-corrected chi connectivity index (χ2v) is 9.81. The molecule has 33 heavy (non-hydrogen) atoms. The van der Waals surface area contributed by atoms with Crippen molar-refractivity contribution in [2.45, 2.75) is 50.5 Å². The number of carbonyl (C=O) groups is 2. The Morgan fingerprint density at radius 3 is 2.76 bits per heavy atom. The van der Waals surface area contributed by atoms with Crippen molar-refractivity contribution in [2.75, 3.05) is 43.6 Å². The summed E-state index contributed by atoms with van der Waals surface area (Å²) >= 11 is 6.08. The lowest BCUT2D eigenvalue weighted by molar-refractivity contribution is -0.154. The second-order valence-electron chi connectivity index (χ2n) is 9.47. The lowest BCUT2D eigenvalue weighted by Gasteiger charge is -2.40. The topological polar surface area (TPSA) is 114 Å². The fraction of sp³-hybridized carbons (Fsp3) is 0.714. The van der Waals surface area contributed by atoms with E-state index in [4.69, 9.17) is 11.6 Å². The monoisotopic (exact) mass is 483 g/mol. The summed E-state index contributed by atoms with van der Waals surface area (Å²) in [5, 5.41) is 9.95. The molecule has 3 fully saturated rings. The Kier molecular flexibility index (Phi) is 7.20. The standard InChI is InChI=1S/C21H31ClFN7O3/c1-28-8-9-29(12-21(28)6-7-21)18-16(23)17(24-20(22)25-18)26-27-19(32)15(11-30(33)13-31)10-14-4-2-3-5-14/h13-15,33H,2-12H2,1H3,(H,27,32)(H,24,25,26)/t15-/m0/s1. The van der Waals surface area contributed by atoms with Gasteiger partial charge in [-0.1, -0.05) is 25.7 Å². The van der Waals surface area contributed by atoms with Crippen LogP contribution in [0, 0.1) is 17.7 Å². The van der Waals surface area contributed by atoms with E-state index in [9.17, 15) is 14.8 Å². The molecule has 2 heterocycles. The van der Waals surface area contributed by atoms with Crippen molar-refractivity contribution in [3.63, 3.8) is 0 Å². The first-order chi connectivity index (χ1) is 15.8. The molecule has 1 aromatic rings.